The van der Waals surface area contributed by atoms with E-state index in [1.54, 1.807) is 0 Å². The Kier molecular flexibility index (Phi) is 2.70. The van der Waals surface area contributed by atoms with E-state index in [0.29, 0.717) is 13.0 Å². The Balaban J connectivity index is 2.61. The molecule has 13 heavy (non-hydrogen) atoms. The number of hydrogen-bond acceptors (Lipinski definition) is 2. The minimum Gasteiger partial charge on any atom is -0.388 e. The molecule has 0 aromatic heterocycles. The van der Waals surface area contributed by atoms with E-state index in [2.05, 4.69) is 25.7 Å². The zero-order valence-electron chi connectivity index (χ0n) is 8.97. The molecule has 0 amide bonds. The molecule has 0 radical (unpaired) electrons. The predicted molar refractivity (Wildman–Crippen MR) is 51.5 cm³/mol. The van der Waals surface area contributed by atoms with Crippen LogP contribution in [0.2, 0.25) is 0 Å². The van der Waals surface area contributed by atoms with Gasteiger partial charge in [-0.3, -0.25) is 4.90 Å². The van der Waals surface area contributed by atoms with Gasteiger partial charge in [-0.2, -0.15) is 0 Å². The molecular formula is C10H20FNO. The van der Waals surface area contributed by atoms with E-state index in [9.17, 15) is 9.50 Å². The monoisotopic (exact) mass is 189 g/mol. The molecule has 2 nitrogen and oxygen atoms in total. The number of alkyl halides is 1. The quantitative estimate of drug-likeness (QED) is 0.625. The Morgan fingerprint density at radius 2 is 2.00 bits per heavy atom. The summed E-state index contributed by atoms with van der Waals surface area (Å²) in [5.41, 5.74) is -1.38. The topological polar surface area (TPSA) is 23.5 Å². The maximum Gasteiger partial charge on any atom is 0.136 e. The molecule has 0 aromatic carbocycles. The molecule has 2 unspecified atom stereocenters. The molecule has 1 aliphatic heterocycles. The van der Waals surface area contributed by atoms with Crippen LogP contribution >= 0.6 is 0 Å². The van der Waals surface area contributed by atoms with Gasteiger partial charge in [0, 0.05) is 18.6 Å². The molecule has 0 bridgehead atoms. The summed E-state index contributed by atoms with van der Waals surface area (Å²) in [5.74, 6) is 0. The van der Waals surface area contributed by atoms with Crippen LogP contribution in [0.3, 0.4) is 0 Å². The first kappa shape index (κ1) is 10.9. The summed E-state index contributed by atoms with van der Waals surface area (Å²) < 4.78 is 13.5. The van der Waals surface area contributed by atoms with Crippen LogP contribution in [0.5, 0.6) is 0 Å². The molecule has 1 fully saturated rings. The van der Waals surface area contributed by atoms with Gasteiger partial charge in [0.15, 0.2) is 0 Å². The highest BCUT2D eigenvalue weighted by Crippen LogP contribution is 2.29. The smallest absolute Gasteiger partial charge is 0.136 e. The van der Waals surface area contributed by atoms with Crippen LogP contribution < -0.4 is 0 Å². The van der Waals surface area contributed by atoms with Crippen LogP contribution in [-0.4, -0.2) is 40.4 Å². The van der Waals surface area contributed by atoms with E-state index >= 15 is 0 Å². The fraction of sp³-hybridized carbons (Fsp3) is 1.00. The second-order valence-corrected chi connectivity index (χ2v) is 5.16. The van der Waals surface area contributed by atoms with E-state index in [0.717, 1.165) is 6.54 Å². The first-order valence-electron chi connectivity index (χ1n) is 4.85. The lowest BCUT2D eigenvalue weighted by Crippen LogP contribution is -2.56. The lowest BCUT2D eigenvalue weighted by Gasteiger charge is -2.44. The minimum atomic E-state index is -1.40. The van der Waals surface area contributed by atoms with E-state index in [1.165, 1.54) is 6.92 Å². The SMILES string of the molecule is CC1(F)CCN(C(C)(C)C)CC1O. The minimum absolute atomic E-state index is 0.0253. The van der Waals surface area contributed by atoms with Crippen LogP contribution in [-0.2, 0) is 0 Å². The van der Waals surface area contributed by atoms with Crippen molar-refractivity contribution in [3.8, 4) is 0 Å². The third kappa shape index (κ3) is 2.41. The van der Waals surface area contributed by atoms with Gasteiger partial charge in [-0.05, 0) is 34.1 Å². The fourth-order valence-electron chi connectivity index (χ4n) is 1.62. The average molecular weight is 189 g/mol. The number of halogens is 1. The normalized spacial score (nSPS) is 37.8. The summed E-state index contributed by atoms with van der Waals surface area (Å²) >= 11 is 0. The summed E-state index contributed by atoms with van der Waals surface area (Å²) in [6, 6.07) is 0. The van der Waals surface area contributed by atoms with E-state index in [4.69, 9.17) is 0 Å². The molecule has 0 saturated carbocycles. The molecule has 0 aliphatic carbocycles. The van der Waals surface area contributed by atoms with Crippen molar-refractivity contribution in [2.45, 2.75) is 51.4 Å². The lowest BCUT2D eigenvalue weighted by molar-refractivity contribution is -0.0772. The molecule has 2 atom stereocenters. The number of nitrogens with zero attached hydrogens (tertiary/aromatic N) is 1. The third-order valence-corrected chi connectivity index (χ3v) is 2.91. The van der Waals surface area contributed by atoms with Crippen molar-refractivity contribution in [1.82, 2.24) is 4.90 Å². The number of β-amino-alcohol motifs (C(OH)–C–C–N with tert-alkyl or cyclic N) is 1. The van der Waals surface area contributed by atoms with Crippen LogP contribution in [0.1, 0.15) is 34.1 Å². The molecular weight excluding hydrogens is 169 g/mol. The summed E-state index contributed by atoms with van der Waals surface area (Å²) in [7, 11) is 0. The Morgan fingerprint density at radius 1 is 1.46 bits per heavy atom. The van der Waals surface area contributed by atoms with Gasteiger partial charge in [-0.25, -0.2) is 4.39 Å². The summed E-state index contributed by atoms with van der Waals surface area (Å²) in [6.45, 7) is 8.91. The second kappa shape index (κ2) is 3.21. The average Bonchev–Trinajstić information content (AvgIpc) is 1.92. The second-order valence-electron chi connectivity index (χ2n) is 5.16. The van der Waals surface area contributed by atoms with Crippen molar-refractivity contribution in [2.24, 2.45) is 0 Å². The first-order chi connectivity index (χ1) is 5.73. The van der Waals surface area contributed by atoms with Crippen LogP contribution in [0, 0.1) is 0 Å². The van der Waals surface area contributed by atoms with Crippen LogP contribution in [0.15, 0.2) is 0 Å². The van der Waals surface area contributed by atoms with Gasteiger partial charge < -0.3 is 5.11 Å². The Bertz CT molecular complexity index is 186. The Morgan fingerprint density at radius 3 is 2.38 bits per heavy atom. The zero-order valence-corrected chi connectivity index (χ0v) is 8.97. The molecule has 0 spiro atoms. The van der Waals surface area contributed by atoms with Crippen molar-refractivity contribution in [1.29, 1.82) is 0 Å². The standard InChI is InChI=1S/C10H20FNO/c1-9(2,3)12-6-5-10(4,11)8(13)7-12/h8,13H,5-7H2,1-4H3. The molecule has 78 valence electrons. The van der Waals surface area contributed by atoms with Crippen molar-refractivity contribution < 1.29 is 9.50 Å². The Labute approximate surface area is 79.7 Å². The van der Waals surface area contributed by atoms with Gasteiger partial charge in [-0.1, -0.05) is 0 Å². The van der Waals surface area contributed by atoms with Gasteiger partial charge in [0.2, 0.25) is 0 Å². The van der Waals surface area contributed by atoms with Gasteiger partial charge >= 0.3 is 0 Å². The van der Waals surface area contributed by atoms with Crippen molar-refractivity contribution in [2.75, 3.05) is 13.1 Å². The maximum atomic E-state index is 13.5. The number of likely N-dealkylation sites (tertiary alicyclic amines) is 1. The summed E-state index contributed by atoms with van der Waals surface area (Å²) in [5, 5.41) is 9.55. The number of piperidine rings is 1. The molecule has 3 heteroatoms. The summed E-state index contributed by atoms with van der Waals surface area (Å²) in [6.07, 6.45) is -0.425. The van der Waals surface area contributed by atoms with Crippen molar-refractivity contribution in [3.63, 3.8) is 0 Å². The number of hydrogen-bond donors (Lipinski definition) is 1. The third-order valence-electron chi connectivity index (χ3n) is 2.91. The van der Waals surface area contributed by atoms with E-state index in [1.807, 2.05) is 0 Å². The number of aliphatic hydroxyl groups excluding tert-OH is 1. The lowest BCUT2D eigenvalue weighted by atomic mass is 9.89. The van der Waals surface area contributed by atoms with Gasteiger partial charge in [0.1, 0.15) is 11.8 Å². The Hall–Kier alpha value is -0.150. The maximum absolute atomic E-state index is 13.5. The zero-order chi connectivity index (χ0) is 10.3. The van der Waals surface area contributed by atoms with Gasteiger partial charge in [0.25, 0.3) is 0 Å². The highest BCUT2D eigenvalue weighted by Gasteiger charge is 2.40. The number of rotatable bonds is 0. The van der Waals surface area contributed by atoms with Crippen LogP contribution in [0.25, 0.3) is 0 Å². The molecule has 1 N–H and O–H groups in total. The molecule has 1 saturated heterocycles. The molecule has 1 aliphatic rings. The van der Waals surface area contributed by atoms with Crippen molar-refractivity contribution >= 4 is 0 Å². The highest BCUT2D eigenvalue weighted by atomic mass is 19.1. The number of aliphatic hydroxyl groups is 1. The van der Waals surface area contributed by atoms with Crippen molar-refractivity contribution in [3.05, 3.63) is 0 Å². The fourth-order valence-corrected chi connectivity index (χ4v) is 1.62. The molecule has 1 heterocycles. The van der Waals surface area contributed by atoms with E-state index in [-0.39, 0.29) is 5.54 Å². The summed E-state index contributed by atoms with van der Waals surface area (Å²) in [4.78, 5) is 2.12. The highest BCUT2D eigenvalue weighted by molar-refractivity contribution is 4.93. The molecule has 1 rings (SSSR count). The van der Waals surface area contributed by atoms with Crippen LogP contribution in [0.4, 0.5) is 4.39 Å². The molecule has 0 aromatic rings. The van der Waals surface area contributed by atoms with E-state index < -0.39 is 11.8 Å². The predicted octanol–water partition coefficient (Wildman–Crippen LogP) is 1.58. The van der Waals surface area contributed by atoms with Gasteiger partial charge in [-0.15, -0.1) is 0 Å². The first-order valence-corrected chi connectivity index (χ1v) is 4.85. The van der Waals surface area contributed by atoms with Gasteiger partial charge in [0.05, 0.1) is 0 Å². The largest absolute Gasteiger partial charge is 0.388 e.